The van der Waals surface area contributed by atoms with Gasteiger partial charge >= 0.3 is 0 Å². The fraction of sp³-hybridized carbons (Fsp3) is 0.600. The highest BCUT2D eigenvalue weighted by Gasteiger charge is 2.20. The molecule has 0 saturated carbocycles. The zero-order chi connectivity index (χ0) is 10.7. The van der Waals surface area contributed by atoms with Crippen LogP contribution in [0.1, 0.15) is 6.92 Å². The molecular formula is C10H17N5. The Labute approximate surface area is 90.1 Å². The largest absolute Gasteiger partial charge is 0.301 e. The molecule has 1 atom stereocenters. The van der Waals surface area contributed by atoms with Gasteiger partial charge in [0.25, 0.3) is 0 Å². The van der Waals surface area contributed by atoms with Crippen molar-refractivity contribution in [2.24, 2.45) is 0 Å². The second kappa shape index (κ2) is 4.55. The molecule has 0 amide bonds. The molecule has 5 nitrogen and oxygen atoms in total. The van der Waals surface area contributed by atoms with Crippen LogP contribution in [0.25, 0.3) is 0 Å². The van der Waals surface area contributed by atoms with E-state index in [1.54, 1.807) is 12.4 Å². The number of nitrogens with one attached hydrogen (secondary N) is 1. The predicted molar refractivity (Wildman–Crippen MR) is 59.3 cm³/mol. The zero-order valence-corrected chi connectivity index (χ0v) is 9.22. The van der Waals surface area contributed by atoms with Gasteiger partial charge in [-0.05, 0) is 20.0 Å². The van der Waals surface area contributed by atoms with E-state index in [0.29, 0.717) is 12.0 Å². The fourth-order valence-corrected chi connectivity index (χ4v) is 1.65. The van der Waals surface area contributed by atoms with E-state index in [-0.39, 0.29) is 0 Å². The Balaban J connectivity index is 1.91. The third-order valence-corrected chi connectivity index (χ3v) is 2.78. The topological polar surface area (TPSA) is 44.3 Å². The van der Waals surface area contributed by atoms with Crippen molar-refractivity contribution in [1.82, 2.24) is 19.9 Å². The van der Waals surface area contributed by atoms with Gasteiger partial charge in [0.1, 0.15) is 0 Å². The molecule has 1 aromatic heterocycles. The Morgan fingerprint density at radius 3 is 2.73 bits per heavy atom. The number of hydrogen-bond acceptors (Lipinski definition) is 5. The van der Waals surface area contributed by atoms with Crippen molar-refractivity contribution in [1.29, 1.82) is 0 Å². The van der Waals surface area contributed by atoms with Crippen LogP contribution in [0.3, 0.4) is 0 Å². The summed E-state index contributed by atoms with van der Waals surface area (Å²) in [7, 11) is 2.15. The summed E-state index contributed by atoms with van der Waals surface area (Å²) in [5.41, 5.74) is 3.22. The Kier molecular flexibility index (Phi) is 3.13. The van der Waals surface area contributed by atoms with E-state index < -0.39 is 0 Å². The summed E-state index contributed by atoms with van der Waals surface area (Å²) in [6.45, 7) is 5.29. The van der Waals surface area contributed by atoms with Crippen molar-refractivity contribution in [3.63, 3.8) is 0 Å². The van der Waals surface area contributed by atoms with E-state index in [1.165, 1.54) is 0 Å². The summed E-state index contributed by atoms with van der Waals surface area (Å²) in [4.78, 5) is 10.6. The molecule has 0 bridgehead atoms. The van der Waals surface area contributed by atoms with Crippen LogP contribution >= 0.6 is 0 Å². The van der Waals surface area contributed by atoms with E-state index in [4.69, 9.17) is 0 Å². The van der Waals surface area contributed by atoms with Gasteiger partial charge in [-0.3, -0.25) is 5.43 Å². The maximum absolute atomic E-state index is 4.14. The summed E-state index contributed by atoms with van der Waals surface area (Å²) in [6.07, 6.45) is 3.49. The third kappa shape index (κ3) is 2.64. The summed E-state index contributed by atoms with van der Waals surface area (Å²) in [5.74, 6) is 0.675. The number of hydrazine groups is 1. The molecule has 0 spiro atoms. The average Bonchev–Trinajstić information content (AvgIpc) is 2.25. The number of likely N-dealkylation sites (N-methyl/N-ethyl adjacent to an activating group) is 1. The number of anilines is 1. The molecule has 0 aliphatic carbocycles. The van der Waals surface area contributed by atoms with Crippen LogP contribution in [-0.4, -0.2) is 52.6 Å². The summed E-state index contributed by atoms with van der Waals surface area (Å²) >= 11 is 0. The molecule has 0 aromatic carbocycles. The molecule has 1 N–H and O–H groups in total. The van der Waals surface area contributed by atoms with E-state index in [9.17, 15) is 0 Å². The molecule has 1 aliphatic rings. The second-order valence-electron chi connectivity index (χ2n) is 3.96. The molecule has 1 fully saturated rings. The third-order valence-electron chi connectivity index (χ3n) is 2.78. The monoisotopic (exact) mass is 207 g/mol. The van der Waals surface area contributed by atoms with Crippen molar-refractivity contribution < 1.29 is 0 Å². The Morgan fingerprint density at radius 1 is 1.33 bits per heavy atom. The highest BCUT2D eigenvalue weighted by atomic mass is 15.6. The highest BCUT2D eigenvalue weighted by molar-refractivity contribution is 5.20. The van der Waals surface area contributed by atoms with Crippen LogP contribution in [0, 0.1) is 0 Å². The van der Waals surface area contributed by atoms with Gasteiger partial charge in [0.15, 0.2) is 0 Å². The normalized spacial score (nSPS) is 24.0. The predicted octanol–water partition coefficient (Wildman–Crippen LogP) is 0.439. The van der Waals surface area contributed by atoms with E-state index in [1.807, 2.05) is 6.07 Å². The first-order valence-corrected chi connectivity index (χ1v) is 5.24. The van der Waals surface area contributed by atoms with Crippen LogP contribution in [0.15, 0.2) is 18.5 Å². The lowest BCUT2D eigenvalue weighted by Crippen LogP contribution is -2.52. The van der Waals surface area contributed by atoms with Crippen molar-refractivity contribution in [3.8, 4) is 0 Å². The lowest BCUT2D eigenvalue weighted by Gasteiger charge is -2.37. The van der Waals surface area contributed by atoms with Gasteiger partial charge in [-0.2, -0.15) is 0 Å². The van der Waals surface area contributed by atoms with Gasteiger partial charge in [-0.25, -0.2) is 15.0 Å². The number of nitrogens with zero attached hydrogens (tertiary/aromatic N) is 4. The molecule has 82 valence electrons. The molecule has 1 unspecified atom stereocenters. The first kappa shape index (κ1) is 10.3. The molecule has 1 saturated heterocycles. The number of piperazine rings is 1. The van der Waals surface area contributed by atoms with Crippen LogP contribution in [0.5, 0.6) is 0 Å². The molecular weight excluding hydrogens is 190 g/mol. The average molecular weight is 207 g/mol. The van der Waals surface area contributed by atoms with Gasteiger partial charge < -0.3 is 4.90 Å². The van der Waals surface area contributed by atoms with E-state index >= 15 is 0 Å². The zero-order valence-electron chi connectivity index (χ0n) is 9.22. The minimum absolute atomic E-state index is 0.565. The molecule has 5 heteroatoms. The van der Waals surface area contributed by atoms with Gasteiger partial charge in [-0.1, -0.05) is 0 Å². The first-order chi connectivity index (χ1) is 7.25. The number of aromatic nitrogens is 2. The van der Waals surface area contributed by atoms with Crippen molar-refractivity contribution in [3.05, 3.63) is 18.5 Å². The molecule has 0 radical (unpaired) electrons. The van der Waals surface area contributed by atoms with Crippen LogP contribution in [-0.2, 0) is 0 Å². The van der Waals surface area contributed by atoms with Crippen molar-refractivity contribution in [2.75, 3.05) is 32.1 Å². The van der Waals surface area contributed by atoms with Crippen molar-refractivity contribution >= 4 is 5.95 Å². The highest BCUT2D eigenvalue weighted by Crippen LogP contribution is 2.07. The SMILES string of the molecule is CC1CN(Nc2ncccn2)CCN1C. The Bertz CT molecular complexity index is 302. The minimum atomic E-state index is 0.565. The number of rotatable bonds is 2. The molecule has 2 heterocycles. The van der Waals surface area contributed by atoms with Crippen LogP contribution in [0.4, 0.5) is 5.95 Å². The Hall–Kier alpha value is -1.20. The maximum Gasteiger partial charge on any atom is 0.237 e. The minimum Gasteiger partial charge on any atom is -0.301 e. The molecule has 1 aromatic rings. The van der Waals surface area contributed by atoms with Gasteiger partial charge in [0.05, 0.1) is 0 Å². The lowest BCUT2D eigenvalue weighted by atomic mass is 10.2. The molecule has 1 aliphatic heterocycles. The molecule has 2 rings (SSSR count). The molecule has 15 heavy (non-hydrogen) atoms. The van der Waals surface area contributed by atoms with Gasteiger partial charge in [-0.15, -0.1) is 0 Å². The fourth-order valence-electron chi connectivity index (χ4n) is 1.65. The second-order valence-corrected chi connectivity index (χ2v) is 3.96. The summed E-state index contributed by atoms with van der Waals surface area (Å²) in [6, 6.07) is 2.38. The van der Waals surface area contributed by atoms with Gasteiger partial charge in [0.2, 0.25) is 5.95 Å². The standard InChI is InChI=1S/C10H17N5/c1-9-8-15(7-6-14(9)2)13-10-11-4-3-5-12-10/h3-5,9H,6-8H2,1-2H3,(H,11,12,13). The maximum atomic E-state index is 4.14. The quantitative estimate of drug-likeness (QED) is 0.762. The Morgan fingerprint density at radius 2 is 2.07 bits per heavy atom. The number of hydrogen-bond donors (Lipinski definition) is 1. The van der Waals surface area contributed by atoms with Crippen LogP contribution in [0.2, 0.25) is 0 Å². The summed E-state index contributed by atoms with van der Waals surface area (Å²) in [5, 5.41) is 2.17. The first-order valence-electron chi connectivity index (χ1n) is 5.24. The van der Waals surface area contributed by atoms with Crippen LogP contribution < -0.4 is 5.43 Å². The smallest absolute Gasteiger partial charge is 0.237 e. The van der Waals surface area contributed by atoms with E-state index in [2.05, 4.69) is 39.3 Å². The van der Waals surface area contributed by atoms with Crippen molar-refractivity contribution in [2.45, 2.75) is 13.0 Å². The lowest BCUT2D eigenvalue weighted by molar-refractivity contribution is 0.123. The van der Waals surface area contributed by atoms with Gasteiger partial charge in [0, 0.05) is 38.1 Å². The summed E-state index contributed by atoms with van der Waals surface area (Å²) < 4.78 is 0. The van der Waals surface area contributed by atoms with E-state index in [0.717, 1.165) is 19.6 Å².